The van der Waals surface area contributed by atoms with Crippen molar-refractivity contribution in [2.75, 3.05) is 10.8 Å². The molecule has 0 fully saturated rings. The number of nitrogens with zero attached hydrogens (tertiary/aromatic N) is 1. The van der Waals surface area contributed by atoms with Crippen LogP contribution in [0.15, 0.2) is 41.3 Å². The maximum absolute atomic E-state index is 13.1. The number of hydrogen-bond donors (Lipinski definition) is 0. The zero-order valence-corrected chi connectivity index (χ0v) is 14.3. The first-order valence-electron chi connectivity index (χ1n) is 6.97. The predicted molar refractivity (Wildman–Crippen MR) is 90.5 cm³/mol. The van der Waals surface area contributed by atoms with Gasteiger partial charge in [-0.3, -0.25) is 4.31 Å². The van der Waals surface area contributed by atoms with Crippen molar-refractivity contribution in [2.24, 2.45) is 0 Å². The predicted octanol–water partition coefficient (Wildman–Crippen LogP) is 4.44. The second kappa shape index (κ2) is 5.76. The maximum atomic E-state index is 13.1. The molecule has 0 aliphatic carbocycles. The van der Waals surface area contributed by atoms with E-state index in [4.69, 9.17) is 23.2 Å². The van der Waals surface area contributed by atoms with E-state index in [-0.39, 0.29) is 14.9 Å². The molecular weight excluding hydrogens is 341 g/mol. The van der Waals surface area contributed by atoms with Gasteiger partial charge in [0.15, 0.2) is 0 Å². The van der Waals surface area contributed by atoms with Crippen LogP contribution in [-0.2, 0) is 16.4 Å². The molecule has 3 rings (SSSR count). The van der Waals surface area contributed by atoms with E-state index in [1.807, 2.05) is 25.1 Å². The molecule has 0 unspecified atom stereocenters. The molecule has 0 saturated heterocycles. The summed E-state index contributed by atoms with van der Waals surface area (Å²) in [5, 5.41) is 0.291. The van der Waals surface area contributed by atoms with Crippen molar-refractivity contribution in [2.45, 2.75) is 24.7 Å². The number of hydrogen-bond acceptors (Lipinski definition) is 2. The van der Waals surface area contributed by atoms with Crippen LogP contribution in [0.25, 0.3) is 0 Å². The lowest BCUT2D eigenvalue weighted by Gasteiger charge is -2.31. The van der Waals surface area contributed by atoms with Gasteiger partial charge in [0, 0.05) is 6.54 Å². The molecule has 3 nitrogen and oxygen atoms in total. The minimum Gasteiger partial charge on any atom is -0.266 e. The molecule has 1 heterocycles. The average Bonchev–Trinajstić information content (AvgIpc) is 2.46. The molecule has 0 saturated carbocycles. The van der Waals surface area contributed by atoms with Gasteiger partial charge in [0.25, 0.3) is 10.0 Å². The molecule has 0 amide bonds. The quantitative estimate of drug-likeness (QED) is 0.798. The van der Waals surface area contributed by atoms with Crippen LogP contribution < -0.4 is 4.31 Å². The van der Waals surface area contributed by atoms with Gasteiger partial charge in [0.05, 0.1) is 15.7 Å². The van der Waals surface area contributed by atoms with E-state index in [0.29, 0.717) is 6.54 Å². The van der Waals surface area contributed by atoms with Gasteiger partial charge >= 0.3 is 0 Å². The smallest absolute Gasteiger partial charge is 0.266 e. The van der Waals surface area contributed by atoms with Crippen LogP contribution >= 0.6 is 23.2 Å². The fourth-order valence-corrected chi connectivity index (χ4v) is 5.37. The third-order valence-electron chi connectivity index (χ3n) is 3.78. The van der Waals surface area contributed by atoms with Crippen molar-refractivity contribution in [3.8, 4) is 0 Å². The molecule has 2 aromatic rings. The molecule has 22 heavy (non-hydrogen) atoms. The summed E-state index contributed by atoms with van der Waals surface area (Å²) in [5.41, 5.74) is 2.77. The fraction of sp³-hybridized carbons (Fsp3) is 0.250. The van der Waals surface area contributed by atoms with Crippen molar-refractivity contribution >= 4 is 38.9 Å². The van der Waals surface area contributed by atoms with Crippen molar-refractivity contribution < 1.29 is 8.42 Å². The Morgan fingerprint density at radius 2 is 1.77 bits per heavy atom. The standard InChI is InChI=1S/C16H15Cl2NO2S/c1-11-7-8-12-4-3-9-19(15(12)10-11)22(20,21)16-13(17)5-2-6-14(16)18/h2,5-8,10H,3-4,9H2,1H3. The summed E-state index contributed by atoms with van der Waals surface area (Å²) in [5.74, 6) is 0. The molecule has 1 aliphatic rings. The maximum Gasteiger partial charge on any atom is 0.267 e. The zero-order valence-electron chi connectivity index (χ0n) is 12.0. The summed E-state index contributed by atoms with van der Waals surface area (Å²) in [7, 11) is -3.78. The Morgan fingerprint density at radius 3 is 2.45 bits per heavy atom. The largest absolute Gasteiger partial charge is 0.267 e. The first kappa shape index (κ1) is 15.7. The van der Waals surface area contributed by atoms with Gasteiger partial charge in [-0.05, 0) is 49.1 Å². The molecule has 0 aromatic heterocycles. The van der Waals surface area contributed by atoms with Gasteiger partial charge in [-0.2, -0.15) is 0 Å². The summed E-state index contributed by atoms with van der Waals surface area (Å²) in [6, 6.07) is 10.6. The lowest BCUT2D eigenvalue weighted by atomic mass is 10.0. The summed E-state index contributed by atoms with van der Waals surface area (Å²) < 4.78 is 27.5. The number of fused-ring (bicyclic) bond motifs is 1. The van der Waals surface area contributed by atoms with Crippen LogP contribution in [0.4, 0.5) is 5.69 Å². The van der Waals surface area contributed by atoms with Crippen molar-refractivity contribution in [1.82, 2.24) is 0 Å². The highest BCUT2D eigenvalue weighted by atomic mass is 35.5. The first-order valence-corrected chi connectivity index (χ1v) is 9.17. The molecule has 2 aromatic carbocycles. The normalized spacial score (nSPS) is 14.8. The van der Waals surface area contributed by atoms with Gasteiger partial charge in [-0.25, -0.2) is 8.42 Å². The monoisotopic (exact) mass is 355 g/mol. The van der Waals surface area contributed by atoms with E-state index in [0.717, 1.165) is 29.7 Å². The van der Waals surface area contributed by atoms with E-state index in [9.17, 15) is 8.42 Å². The molecule has 0 bridgehead atoms. The van der Waals surface area contributed by atoms with Crippen LogP contribution in [0.1, 0.15) is 17.5 Å². The van der Waals surface area contributed by atoms with Crippen LogP contribution in [-0.4, -0.2) is 15.0 Å². The number of aryl methyl sites for hydroxylation is 2. The Hall–Kier alpha value is -1.23. The second-order valence-corrected chi connectivity index (χ2v) is 7.98. The van der Waals surface area contributed by atoms with Gasteiger partial charge in [0.1, 0.15) is 4.90 Å². The van der Waals surface area contributed by atoms with E-state index in [1.54, 1.807) is 18.2 Å². The Kier molecular flexibility index (Phi) is 4.10. The third kappa shape index (κ3) is 2.60. The molecule has 116 valence electrons. The van der Waals surface area contributed by atoms with Gasteiger partial charge in [-0.15, -0.1) is 0 Å². The second-order valence-electron chi connectivity index (χ2n) is 5.36. The molecular formula is C16H15Cl2NO2S. The minimum atomic E-state index is -3.78. The van der Waals surface area contributed by atoms with Gasteiger partial charge < -0.3 is 0 Å². The van der Waals surface area contributed by atoms with Crippen molar-refractivity contribution in [3.05, 3.63) is 57.6 Å². The average molecular weight is 356 g/mol. The van der Waals surface area contributed by atoms with Crippen LogP contribution in [0, 0.1) is 6.92 Å². The highest BCUT2D eigenvalue weighted by Gasteiger charge is 2.32. The van der Waals surface area contributed by atoms with Crippen molar-refractivity contribution in [3.63, 3.8) is 0 Å². The fourth-order valence-electron chi connectivity index (χ4n) is 2.74. The number of rotatable bonds is 2. The van der Waals surface area contributed by atoms with E-state index in [1.165, 1.54) is 4.31 Å². The van der Waals surface area contributed by atoms with Gasteiger partial charge in [0.2, 0.25) is 0 Å². The Labute approximate surface area is 140 Å². The third-order valence-corrected chi connectivity index (χ3v) is 6.55. The van der Waals surface area contributed by atoms with E-state index >= 15 is 0 Å². The zero-order chi connectivity index (χ0) is 15.9. The summed E-state index contributed by atoms with van der Waals surface area (Å²) in [6.07, 6.45) is 1.65. The molecule has 1 aliphatic heterocycles. The summed E-state index contributed by atoms with van der Waals surface area (Å²) in [6.45, 7) is 2.38. The van der Waals surface area contributed by atoms with Crippen LogP contribution in [0.5, 0.6) is 0 Å². The lowest BCUT2D eigenvalue weighted by molar-refractivity contribution is 0.586. The van der Waals surface area contributed by atoms with Gasteiger partial charge in [-0.1, -0.05) is 41.4 Å². The molecule has 6 heteroatoms. The topological polar surface area (TPSA) is 37.4 Å². The summed E-state index contributed by atoms with van der Waals surface area (Å²) in [4.78, 5) is -0.0207. The number of sulfonamides is 1. The van der Waals surface area contributed by atoms with Crippen LogP contribution in [0.2, 0.25) is 10.0 Å². The first-order chi connectivity index (χ1) is 10.4. The molecule has 0 spiro atoms. The summed E-state index contributed by atoms with van der Waals surface area (Å²) >= 11 is 12.2. The Bertz CT molecular complexity index is 814. The molecule has 0 radical (unpaired) electrons. The number of benzene rings is 2. The van der Waals surface area contributed by atoms with Crippen LogP contribution in [0.3, 0.4) is 0 Å². The Balaban J connectivity index is 2.18. The molecule has 0 atom stereocenters. The molecule has 0 N–H and O–H groups in total. The van der Waals surface area contributed by atoms with E-state index in [2.05, 4.69) is 0 Å². The van der Waals surface area contributed by atoms with Crippen molar-refractivity contribution in [1.29, 1.82) is 0 Å². The van der Waals surface area contributed by atoms with E-state index < -0.39 is 10.0 Å². The lowest BCUT2D eigenvalue weighted by Crippen LogP contribution is -2.35. The number of halogens is 2. The minimum absolute atomic E-state index is 0.0207. The highest BCUT2D eigenvalue weighted by molar-refractivity contribution is 7.93. The Morgan fingerprint density at radius 1 is 1.09 bits per heavy atom. The highest BCUT2D eigenvalue weighted by Crippen LogP contribution is 2.37. The number of anilines is 1. The SMILES string of the molecule is Cc1ccc2c(c1)N(S(=O)(=O)c1c(Cl)cccc1Cl)CCC2.